The fourth-order valence-electron chi connectivity index (χ4n) is 0.723. The van der Waals surface area contributed by atoms with Gasteiger partial charge in [-0.2, -0.15) is 0 Å². The highest BCUT2D eigenvalue weighted by atomic mass is 35.5. The topological polar surface area (TPSA) is 43.1 Å². The van der Waals surface area contributed by atoms with Crippen molar-refractivity contribution < 1.29 is 4.79 Å². The Morgan fingerprint density at radius 2 is 2.45 bits per heavy atom. The second kappa shape index (κ2) is 3.24. The van der Waals surface area contributed by atoms with Crippen LogP contribution in [0.15, 0.2) is 5.38 Å². The van der Waals surface area contributed by atoms with Crippen molar-refractivity contribution in [2.75, 3.05) is 5.73 Å². The van der Waals surface area contributed by atoms with Crippen molar-refractivity contribution in [2.45, 2.75) is 13.3 Å². The Bertz CT molecular complexity index is 282. The lowest BCUT2D eigenvalue weighted by atomic mass is 10.2. The number of carbonyl (C=O) groups is 1. The molecule has 0 atom stereocenters. The van der Waals surface area contributed by atoms with Gasteiger partial charge < -0.3 is 5.73 Å². The molecule has 2 nitrogen and oxygen atoms in total. The average Bonchev–Trinajstić information content (AvgIpc) is 2.32. The largest absolute Gasteiger partial charge is 0.396 e. The molecule has 0 bridgehead atoms. The first kappa shape index (κ1) is 8.56. The molecule has 0 aliphatic carbocycles. The van der Waals surface area contributed by atoms with E-state index in [1.165, 1.54) is 11.3 Å². The Labute approximate surface area is 74.0 Å². The lowest BCUT2D eigenvalue weighted by molar-refractivity contribution is 0.0993. The first-order chi connectivity index (χ1) is 5.16. The Morgan fingerprint density at radius 1 is 1.82 bits per heavy atom. The van der Waals surface area contributed by atoms with Gasteiger partial charge in [-0.1, -0.05) is 18.5 Å². The molecule has 1 heterocycles. The normalized spacial score (nSPS) is 10.0. The number of anilines is 1. The van der Waals surface area contributed by atoms with E-state index in [-0.39, 0.29) is 5.78 Å². The first-order valence-corrected chi connectivity index (χ1v) is 4.48. The number of thiophene rings is 1. The van der Waals surface area contributed by atoms with Crippen molar-refractivity contribution in [2.24, 2.45) is 0 Å². The minimum absolute atomic E-state index is 0.0550. The summed E-state index contributed by atoms with van der Waals surface area (Å²) in [6.07, 6.45) is 0.473. The van der Waals surface area contributed by atoms with Crippen LogP contribution in [-0.2, 0) is 0 Å². The molecule has 0 amide bonds. The maximum Gasteiger partial charge on any atom is 0.174 e. The van der Waals surface area contributed by atoms with Crippen molar-refractivity contribution in [3.05, 3.63) is 15.3 Å². The van der Waals surface area contributed by atoms with Crippen LogP contribution in [0.5, 0.6) is 0 Å². The number of Topliss-reactive ketones (excluding diaryl/α,β-unsaturated/α-hetero) is 1. The number of nitrogens with two attached hydrogens (primary N) is 1. The van der Waals surface area contributed by atoms with Gasteiger partial charge in [-0.3, -0.25) is 4.79 Å². The number of carbonyl (C=O) groups excluding carboxylic acids is 1. The number of hydrogen-bond acceptors (Lipinski definition) is 3. The molecular formula is C7H8ClNOS. The van der Waals surface area contributed by atoms with Crippen LogP contribution in [0.4, 0.5) is 5.69 Å². The maximum absolute atomic E-state index is 11.1. The zero-order valence-electron chi connectivity index (χ0n) is 6.06. The summed E-state index contributed by atoms with van der Waals surface area (Å²) in [5.41, 5.74) is 5.96. The summed E-state index contributed by atoms with van der Waals surface area (Å²) < 4.78 is 0. The Balaban J connectivity index is 3.04. The predicted octanol–water partition coefficient (Wildman–Crippen LogP) is 2.58. The first-order valence-electron chi connectivity index (χ1n) is 3.22. The minimum Gasteiger partial charge on any atom is -0.396 e. The Kier molecular flexibility index (Phi) is 2.52. The van der Waals surface area contributed by atoms with E-state index in [2.05, 4.69) is 0 Å². The lowest BCUT2D eigenvalue weighted by Gasteiger charge is -1.93. The van der Waals surface area contributed by atoms with Crippen molar-refractivity contribution in [3.63, 3.8) is 0 Å². The van der Waals surface area contributed by atoms with Gasteiger partial charge in [0, 0.05) is 11.8 Å². The van der Waals surface area contributed by atoms with E-state index in [0.29, 0.717) is 22.0 Å². The molecule has 0 radical (unpaired) electrons. The van der Waals surface area contributed by atoms with Crippen LogP contribution in [0.3, 0.4) is 0 Å². The number of nitrogen functional groups attached to an aromatic ring is 1. The van der Waals surface area contributed by atoms with E-state index in [1.807, 2.05) is 0 Å². The van der Waals surface area contributed by atoms with Crippen molar-refractivity contribution >= 4 is 34.4 Å². The van der Waals surface area contributed by atoms with E-state index < -0.39 is 0 Å². The third-order valence-electron chi connectivity index (χ3n) is 1.36. The molecule has 2 N–H and O–H groups in total. The molecule has 0 fully saturated rings. The van der Waals surface area contributed by atoms with E-state index in [0.717, 1.165) is 0 Å². The summed E-state index contributed by atoms with van der Waals surface area (Å²) in [5.74, 6) is 0.0550. The molecule has 1 rings (SSSR count). The van der Waals surface area contributed by atoms with Gasteiger partial charge in [0.1, 0.15) is 0 Å². The molecule has 0 saturated heterocycles. The Hall–Kier alpha value is -0.540. The van der Waals surface area contributed by atoms with E-state index >= 15 is 0 Å². The van der Waals surface area contributed by atoms with E-state index in [1.54, 1.807) is 12.3 Å². The van der Waals surface area contributed by atoms with Crippen LogP contribution in [0.25, 0.3) is 0 Å². The molecular weight excluding hydrogens is 182 g/mol. The fourth-order valence-corrected chi connectivity index (χ4v) is 1.87. The predicted molar refractivity (Wildman–Crippen MR) is 48.4 cm³/mol. The van der Waals surface area contributed by atoms with Crippen LogP contribution in [0.1, 0.15) is 23.0 Å². The van der Waals surface area contributed by atoms with E-state index in [9.17, 15) is 4.79 Å². The van der Waals surface area contributed by atoms with Gasteiger partial charge in [0.05, 0.1) is 15.6 Å². The molecule has 0 spiro atoms. The van der Waals surface area contributed by atoms with Crippen molar-refractivity contribution in [3.8, 4) is 0 Å². The number of rotatable bonds is 2. The van der Waals surface area contributed by atoms with Gasteiger partial charge in [0.25, 0.3) is 0 Å². The molecule has 1 aromatic heterocycles. The zero-order chi connectivity index (χ0) is 8.43. The number of ketones is 1. The summed E-state index contributed by atoms with van der Waals surface area (Å²) in [6.45, 7) is 1.80. The summed E-state index contributed by atoms with van der Waals surface area (Å²) in [4.78, 5) is 11.7. The van der Waals surface area contributed by atoms with Crippen LogP contribution in [-0.4, -0.2) is 5.78 Å². The van der Waals surface area contributed by atoms with Gasteiger partial charge >= 0.3 is 0 Å². The van der Waals surface area contributed by atoms with Gasteiger partial charge in [-0.05, 0) is 0 Å². The second-order valence-electron chi connectivity index (χ2n) is 2.10. The second-order valence-corrected chi connectivity index (χ2v) is 3.39. The highest BCUT2D eigenvalue weighted by molar-refractivity contribution is 7.13. The standard InChI is InChI=1S/C7H8ClNOS/c1-2-5(10)7-6(9)4(8)3-11-7/h3H,2,9H2,1H3. The summed E-state index contributed by atoms with van der Waals surface area (Å²) in [7, 11) is 0. The molecule has 11 heavy (non-hydrogen) atoms. The summed E-state index contributed by atoms with van der Waals surface area (Å²) >= 11 is 6.97. The van der Waals surface area contributed by atoms with Crippen LogP contribution < -0.4 is 5.73 Å². The third-order valence-corrected chi connectivity index (χ3v) is 2.84. The van der Waals surface area contributed by atoms with E-state index in [4.69, 9.17) is 17.3 Å². The molecule has 0 unspecified atom stereocenters. The van der Waals surface area contributed by atoms with Gasteiger partial charge in [-0.15, -0.1) is 11.3 Å². The SMILES string of the molecule is CCC(=O)c1scc(Cl)c1N. The zero-order valence-corrected chi connectivity index (χ0v) is 7.63. The van der Waals surface area contributed by atoms with Gasteiger partial charge in [0.15, 0.2) is 5.78 Å². The molecule has 1 aromatic rings. The van der Waals surface area contributed by atoms with Crippen LogP contribution in [0.2, 0.25) is 5.02 Å². The third kappa shape index (κ3) is 1.54. The van der Waals surface area contributed by atoms with Crippen molar-refractivity contribution in [1.29, 1.82) is 0 Å². The number of halogens is 1. The quantitative estimate of drug-likeness (QED) is 0.727. The molecule has 0 aliphatic rings. The fraction of sp³-hybridized carbons (Fsp3) is 0.286. The smallest absolute Gasteiger partial charge is 0.174 e. The van der Waals surface area contributed by atoms with Crippen LogP contribution in [0, 0.1) is 0 Å². The van der Waals surface area contributed by atoms with Gasteiger partial charge in [0.2, 0.25) is 0 Å². The highest BCUT2D eigenvalue weighted by Gasteiger charge is 2.12. The number of hydrogen-bond donors (Lipinski definition) is 1. The maximum atomic E-state index is 11.1. The highest BCUT2D eigenvalue weighted by Crippen LogP contribution is 2.30. The van der Waals surface area contributed by atoms with Gasteiger partial charge in [-0.25, -0.2) is 0 Å². The molecule has 4 heteroatoms. The molecule has 0 saturated carbocycles. The lowest BCUT2D eigenvalue weighted by Crippen LogP contribution is -1.97. The molecule has 0 aliphatic heterocycles. The van der Waals surface area contributed by atoms with Crippen molar-refractivity contribution in [1.82, 2.24) is 0 Å². The molecule has 0 aromatic carbocycles. The van der Waals surface area contributed by atoms with Crippen LogP contribution >= 0.6 is 22.9 Å². The monoisotopic (exact) mass is 189 g/mol. The molecule has 60 valence electrons. The Morgan fingerprint density at radius 3 is 2.82 bits per heavy atom. The summed E-state index contributed by atoms with van der Waals surface area (Å²) in [5, 5.41) is 2.16. The average molecular weight is 190 g/mol. The minimum atomic E-state index is 0.0550. The summed E-state index contributed by atoms with van der Waals surface area (Å²) in [6, 6.07) is 0.